The molecule has 2 amide bonds. The molecule has 0 bridgehead atoms. The summed E-state index contributed by atoms with van der Waals surface area (Å²) in [5, 5.41) is 2.17. The van der Waals surface area contributed by atoms with Crippen molar-refractivity contribution in [3.8, 4) is 5.75 Å². The molecule has 2 fully saturated rings. The lowest BCUT2D eigenvalue weighted by atomic mass is 9.79. The van der Waals surface area contributed by atoms with Gasteiger partial charge in [0.2, 0.25) is 15.9 Å². The Hall–Kier alpha value is -2.21. The third-order valence-corrected chi connectivity index (χ3v) is 9.10. The number of sulfonamides is 1. The van der Waals surface area contributed by atoms with Crippen molar-refractivity contribution in [2.45, 2.75) is 50.5 Å². The molecule has 1 saturated heterocycles. The van der Waals surface area contributed by atoms with Gasteiger partial charge < -0.3 is 15.0 Å². The fourth-order valence-electron chi connectivity index (χ4n) is 5.15. The second-order valence-corrected chi connectivity index (χ2v) is 12.2. The van der Waals surface area contributed by atoms with E-state index in [0.717, 1.165) is 17.3 Å². The Morgan fingerprint density at radius 1 is 1.33 bits per heavy atom. The van der Waals surface area contributed by atoms with E-state index in [1.807, 2.05) is 0 Å². The van der Waals surface area contributed by atoms with Gasteiger partial charge in [0.1, 0.15) is 5.75 Å². The van der Waals surface area contributed by atoms with Gasteiger partial charge in [-0.05, 0) is 50.7 Å². The molecule has 33 heavy (non-hydrogen) atoms. The first-order valence-corrected chi connectivity index (χ1v) is 12.7. The Labute approximate surface area is 195 Å². The number of anilines is 2. The van der Waals surface area contributed by atoms with Gasteiger partial charge in [0.25, 0.3) is 5.91 Å². The minimum atomic E-state index is -3.68. The van der Waals surface area contributed by atoms with Gasteiger partial charge in [0, 0.05) is 38.4 Å². The summed E-state index contributed by atoms with van der Waals surface area (Å²) in [5.41, 5.74) is 6.27. The number of likely N-dealkylation sites (N-methyl/N-ethyl adjacent to an activating group) is 2. The van der Waals surface area contributed by atoms with Gasteiger partial charge in [0.05, 0.1) is 17.5 Å². The van der Waals surface area contributed by atoms with Crippen LogP contribution >= 0.6 is 0 Å². The van der Waals surface area contributed by atoms with Crippen LogP contribution in [0.25, 0.3) is 0 Å². The van der Waals surface area contributed by atoms with Crippen molar-refractivity contribution in [2.75, 3.05) is 37.4 Å². The van der Waals surface area contributed by atoms with E-state index in [1.165, 1.54) is 11.9 Å². The van der Waals surface area contributed by atoms with Gasteiger partial charge in [-0.2, -0.15) is 4.31 Å². The molecule has 2 heterocycles. The zero-order valence-electron chi connectivity index (χ0n) is 19.7. The molecule has 4 unspecified atom stereocenters. The number of nitrogens with one attached hydrogen (secondary N) is 3. The van der Waals surface area contributed by atoms with Crippen molar-refractivity contribution in [1.29, 1.82) is 0 Å². The van der Waals surface area contributed by atoms with Crippen LogP contribution in [-0.2, 0) is 19.6 Å². The summed E-state index contributed by atoms with van der Waals surface area (Å²) in [6.07, 6.45) is 1.55. The molecule has 1 aromatic rings. The SMILES string of the molecule is CC1CC2CNNC2C(S(=O)(=O)N(C)CC(=O)Nc2ccc3c(c2)OC(C)(C)C(=O)N3C)C1. The lowest BCUT2D eigenvalue weighted by molar-refractivity contribution is -0.132. The van der Waals surface area contributed by atoms with E-state index in [-0.39, 0.29) is 24.4 Å². The van der Waals surface area contributed by atoms with Crippen molar-refractivity contribution >= 4 is 33.2 Å². The molecule has 1 saturated carbocycles. The minimum Gasteiger partial charge on any atom is -0.476 e. The van der Waals surface area contributed by atoms with E-state index in [9.17, 15) is 18.0 Å². The van der Waals surface area contributed by atoms with E-state index < -0.39 is 26.8 Å². The van der Waals surface area contributed by atoms with E-state index in [1.54, 1.807) is 39.1 Å². The number of rotatable bonds is 5. The predicted molar refractivity (Wildman–Crippen MR) is 125 cm³/mol. The molecular formula is C22H33N5O5S. The molecule has 3 aliphatic rings. The van der Waals surface area contributed by atoms with E-state index in [2.05, 4.69) is 23.1 Å². The van der Waals surface area contributed by atoms with Gasteiger partial charge >= 0.3 is 0 Å². The number of amides is 2. The third-order valence-electron chi connectivity index (χ3n) is 6.85. The Morgan fingerprint density at radius 2 is 2.06 bits per heavy atom. The number of benzene rings is 1. The highest BCUT2D eigenvalue weighted by Crippen LogP contribution is 2.39. The number of nitrogens with zero attached hydrogens (tertiary/aromatic N) is 2. The predicted octanol–water partition coefficient (Wildman–Crippen LogP) is 0.912. The average molecular weight is 480 g/mol. The summed E-state index contributed by atoms with van der Waals surface area (Å²) in [5.74, 6) is 0.436. The maximum Gasteiger partial charge on any atom is 0.270 e. The van der Waals surface area contributed by atoms with Crippen molar-refractivity contribution in [3.05, 3.63) is 18.2 Å². The van der Waals surface area contributed by atoms with Crippen molar-refractivity contribution in [3.63, 3.8) is 0 Å². The smallest absolute Gasteiger partial charge is 0.270 e. The lowest BCUT2D eigenvalue weighted by Crippen LogP contribution is -2.53. The summed E-state index contributed by atoms with van der Waals surface area (Å²) >= 11 is 0. The Bertz CT molecular complexity index is 1060. The van der Waals surface area contributed by atoms with Crippen LogP contribution < -0.4 is 25.8 Å². The largest absolute Gasteiger partial charge is 0.476 e. The Kier molecular flexibility index (Phi) is 6.19. The fourth-order valence-corrected chi connectivity index (χ4v) is 7.14. The summed E-state index contributed by atoms with van der Waals surface area (Å²) in [6, 6.07) is 4.85. The van der Waals surface area contributed by atoms with Gasteiger partial charge in [0.15, 0.2) is 5.60 Å². The van der Waals surface area contributed by atoms with Crippen molar-refractivity contribution < 1.29 is 22.7 Å². The molecule has 4 rings (SSSR count). The molecular weight excluding hydrogens is 446 g/mol. The molecule has 1 aromatic carbocycles. The average Bonchev–Trinajstić information content (AvgIpc) is 3.19. The first kappa shape index (κ1) is 23.9. The molecule has 3 N–H and O–H groups in total. The standard InChI is InChI=1S/C22H33N5O5S/c1-13-8-14-11-23-25-20(14)18(9-13)33(30,31)26(4)12-19(28)24-15-6-7-16-17(10-15)32-22(2,3)21(29)27(16)5/h6-7,10,13-14,18,20,23,25H,8-9,11-12H2,1-5H3,(H,24,28). The number of carbonyl (C=O) groups is 2. The highest BCUT2D eigenvalue weighted by molar-refractivity contribution is 7.89. The zero-order valence-corrected chi connectivity index (χ0v) is 20.5. The monoisotopic (exact) mass is 479 g/mol. The summed E-state index contributed by atoms with van der Waals surface area (Å²) < 4.78 is 33.6. The Morgan fingerprint density at radius 3 is 2.79 bits per heavy atom. The number of ether oxygens (including phenoxy) is 1. The van der Waals surface area contributed by atoms with Crippen molar-refractivity contribution in [2.24, 2.45) is 11.8 Å². The normalized spacial score (nSPS) is 28.8. The van der Waals surface area contributed by atoms with E-state index in [0.29, 0.717) is 29.5 Å². The fraction of sp³-hybridized carbons (Fsp3) is 0.636. The number of fused-ring (bicyclic) bond motifs is 2. The van der Waals surface area contributed by atoms with Gasteiger partial charge in [-0.25, -0.2) is 8.42 Å². The summed E-state index contributed by atoms with van der Waals surface area (Å²) in [6.45, 7) is 5.91. The number of hydrogen-bond acceptors (Lipinski definition) is 7. The molecule has 11 heteroatoms. The van der Waals surface area contributed by atoms with Crippen LogP contribution in [0, 0.1) is 11.8 Å². The molecule has 0 spiro atoms. The molecule has 182 valence electrons. The van der Waals surface area contributed by atoms with E-state index in [4.69, 9.17) is 4.74 Å². The van der Waals surface area contributed by atoms with Crippen molar-refractivity contribution in [1.82, 2.24) is 15.2 Å². The van der Waals surface area contributed by atoms with Gasteiger partial charge in [-0.3, -0.25) is 20.4 Å². The highest BCUT2D eigenvalue weighted by atomic mass is 32.2. The van der Waals surface area contributed by atoms with E-state index >= 15 is 0 Å². The first-order chi connectivity index (χ1) is 15.4. The Balaban J connectivity index is 1.44. The van der Waals surface area contributed by atoms with Gasteiger partial charge in [-0.1, -0.05) is 6.92 Å². The molecule has 4 atom stereocenters. The van der Waals surface area contributed by atoms with Crippen LogP contribution in [0.3, 0.4) is 0 Å². The molecule has 1 aliphatic carbocycles. The van der Waals surface area contributed by atoms with Crippen LogP contribution in [0.5, 0.6) is 5.75 Å². The zero-order chi connectivity index (χ0) is 24.1. The quantitative estimate of drug-likeness (QED) is 0.574. The lowest BCUT2D eigenvalue weighted by Gasteiger charge is -2.37. The second-order valence-electron chi connectivity index (χ2n) is 9.93. The minimum absolute atomic E-state index is 0.155. The highest BCUT2D eigenvalue weighted by Gasteiger charge is 2.47. The topological polar surface area (TPSA) is 120 Å². The number of carbonyl (C=O) groups excluding carboxylic acids is 2. The van der Waals surface area contributed by atoms with Crippen LogP contribution in [0.4, 0.5) is 11.4 Å². The van der Waals surface area contributed by atoms with Crippen LogP contribution in [0.1, 0.15) is 33.6 Å². The van der Waals surface area contributed by atoms with Crippen LogP contribution in [0.15, 0.2) is 18.2 Å². The number of hydrogen-bond donors (Lipinski definition) is 3. The molecule has 10 nitrogen and oxygen atoms in total. The van der Waals surface area contributed by atoms with Crippen LogP contribution in [0.2, 0.25) is 0 Å². The molecule has 0 radical (unpaired) electrons. The first-order valence-electron chi connectivity index (χ1n) is 11.2. The van der Waals surface area contributed by atoms with Crippen LogP contribution in [-0.4, -0.2) is 68.6 Å². The van der Waals surface area contributed by atoms with Gasteiger partial charge in [-0.15, -0.1) is 0 Å². The second kappa shape index (κ2) is 8.53. The summed E-state index contributed by atoms with van der Waals surface area (Å²) in [4.78, 5) is 26.6. The third kappa shape index (κ3) is 4.46. The maximum atomic E-state index is 13.3. The molecule has 2 aliphatic heterocycles. The summed E-state index contributed by atoms with van der Waals surface area (Å²) in [7, 11) is -0.554. The maximum absolute atomic E-state index is 13.3. The molecule has 0 aromatic heterocycles. The number of hydrazine groups is 1.